The van der Waals surface area contributed by atoms with Gasteiger partial charge >= 0.3 is 12.2 Å². The number of alkyl carbamates (subject to hydrolysis) is 2. The summed E-state index contributed by atoms with van der Waals surface area (Å²) in [4.78, 5) is 73.9. The summed E-state index contributed by atoms with van der Waals surface area (Å²) in [6.07, 6.45) is 4.95. The molecule has 4 N–H and O–H groups in total. The minimum absolute atomic E-state index is 0.0188. The molecule has 16 heteroatoms. The van der Waals surface area contributed by atoms with Gasteiger partial charge in [-0.05, 0) is 105 Å². The van der Waals surface area contributed by atoms with E-state index in [1.54, 1.807) is 0 Å². The molecule has 64 heavy (non-hydrogen) atoms. The van der Waals surface area contributed by atoms with Crippen molar-refractivity contribution in [1.82, 2.24) is 40.4 Å². The van der Waals surface area contributed by atoms with Crippen molar-refractivity contribution in [1.29, 1.82) is 0 Å². The van der Waals surface area contributed by atoms with E-state index in [-0.39, 0.29) is 41.9 Å². The number of benzene rings is 3. The van der Waals surface area contributed by atoms with Gasteiger partial charge in [-0.1, -0.05) is 39.0 Å². The van der Waals surface area contributed by atoms with Crippen molar-refractivity contribution in [2.24, 2.45) is 11.3 Å². The third-order valence-corrected chi connectivity index (χ3v) is 14.2. The fourth-order valence-corrected chi connectivity index (χ4v) is 10.4. The average Bonchev–Trinajstić information content (AvgIpc) is 4.12. The Bertz CT molecular complexity index is 2610. The molecule has 9 rings (SSSR count). The molecular formula is C48H58N8O8. The molecule has 338 valence electrons. The Morgan fingerprint density at radius 3 is 2.22 bits per heavy atom. The number of carbonyl (C=O) groups excluding carboxylic acids is 4. The molecule has 0 aliphatic carbocycles. The number of rotatable bonds is 9. The van der Waals surface area contributed by atoms with Crippen LogP contribution in [0, 0.1) is 11.3 Å². The number of amides is 4. The zero-order valence-corrected chi connectivity index (χ0v) is 37.6. The molecule has 0 bridgehead atoms. The Hall–Kier alpha value is -6.16. The Kier molecular flexibility index (Phi) is 11.5. The van der Waals surface area contributed by atoms with Gasteiger partial charge in [0.25, 0.3) is 0 Å². The van der Waals surface area contributed by atoms with E-state index in [0.29, 0.717) is 44.3 Å². The number of ether oxygens (including phenoxy) is 4. The van der Waals surface area contributed by atoms with Crippen molar-refractivity contribution in [3.63, 3.8) is 0 Å². The monoisotopic (exact) mass is 874 g/mol. The average molecular weight is 875 g/mol. The highest BCUT2D eigenvalue weighted by Crippen LogP contribution is 2.45. The molecule has 6 heterocycles. The van der Waals surface area contributed by atoms with Crippen LogP contribution in [0.5, 0.6) is 5.75 Å². The number of aromatic amines is 2. The van der Waals surface area contributed by atoms with Crippen molar-refractivity contribution >= 4 is 45.8 Å². The highest BCUT2D eigenvalue weighted by Gasteiger charge is 2.48. The highest BCUT2D eigenvalue weighted by molar-refractivity contribution is 6.07. The first-order valence-corrected chi connectivity index (χ1v) is 22.5. The fraction of sp³-hybridized carbons (Fsp3) is 0.500. The number of nitrogens with one attached hydrogen (secondary N) is 4. The van der Waals surface area contributed by atoms with E-state index in [1.165, 1.54) is 14.2 Å². The van der Waals surface area contributed by atoms with Crippen LogP contribution in [0.1, 0.15) is 102 Å². The topological polar surface area (TPSA) is 193 Å². The summed E-state index contributed by atoms with van der Waals surface area (Å²) in [6.45, 7) is 11.4. The molecule has 6 atom stereocenters. The lowest BCUT2D eigenvalue weighted by atomic mass is 9.75. The molecule has 0 spiro atoms. The van der Waals surface area contributed by atoms with Crippen LogP contribution >= 0.6 is 0 Å². The van der Waals surface area contributed by atoms with Gasteiger partial charge in [-0.25, -0.2) is 19.6 Å². The van der Waals surface area contributed by atoms with E-state index in [4.69, 9.17) is 28.9 Å². The minimum atomic E-state index is -0.775. The van der Waals surface area contributed by atoms with Gasteiger partial charge in [0, 0.05) is 41.7 Å². The first-order chi connectivity index (χ1) is 30.8. The van der Waals surface area contributed by atoms with E-state index >= 15 is 0 Å². The number of nitrogens with zero attached hydrogens (tertiary/aromatic N) is 4. The summed E-state index contributed by atoms with van der Waals surface area (Å²) in [5, 5.41) is 7.61. The second-order valence-corrected chi connectivity index (χ2v) is 18.6. The van der Waals surface area contributed by atoms with Gasteiger partial charge in [0.2, 0.25) is 11.8 Å². The molecule has 1 unspecified atom stereocenters. The lowest BCUT2D eigenvalue weighted by Gasteiger charge is -2.42. The maximum Gasteiger partial charge on any atom is 0.407 e. The van der Waals surface area contributed by atoms with Crippen LogP contribution in [-0.2, 0) is 30.4 Å². The summed E-state index contributed by atoms with van der Waals surface area (Å²) in [7, 11) is 2.61. The van der Waals surface area contributed by atoms with Crippen molar-refractivity contribution in [3.8, 4) is 28.1 Å². The molecule has 4 amide bonds. The zero-order valence-electron chi connectivity index (χ0n) is 37.6. The van der Waals surface area contributed by atoms with Gasteiger partial charge in [-0.3, -0.25) is 9.59 Å². The van der Waals surface area contributed by atoms with Gasteiger partial charge in [0.15, 0.2) is 0 Å². The molecule has 16 nitrogen and oxygen atoms in total. The third-order valence-electron chi connectivity index (χ3n) is 14.2. The van der Waals surface area contributed by atoms with E-state index in [9.17, 15) is 19.2 Å². The maximum atomic E-state index is 14.6. The van der Waals surface area contributed by atoms with Crippen molar-refractivity contribution < 1.29 is 38.1 Å². The first-order valence-electron chi connectivity index (χ1n) is 22.5. The molecule has 3 saturated heterocycles. The van der Waals surface area contributed by atoms with Gasteiger partial charge in [0.1, 0.15) is 36.1 Å². The van der Waals surface area contributed by atoms with Gasteiger partial charge in [0.05, 0.1) is 49.2 Å². The number of aromatic nitrogens is 4. The standard InChI is InChI=1S/C48H58N8O8/c1-25(2)39(53-46(59)61-6)44(57)55-26(3)8-14-36(55)42-49-23-35(51-42)29-10-12-31-30(20-29)24-64-38-22-32-28(21-33(31)38)11-13-34-40(32)52-43(50-34)37-15-9-27(4)56(37)45(58)41(54-47(60)62-7)48(5)16-18-63-19-17-48/h10-13,20-23,25-27,36-37,39,41H,8-9,14-19,24H2,1-7H3,(H,49,51)(H,50,52)(H,53,59)(H,54,60)/t26-,27-,36-,37-,39?,41+/m0/s1. The number of methoxy groups -OCH3 is 2. The molecule has 0 saturated carbocycles. The minimum Gasteiger partial charge on any atom is -0.488 e. The predicted octanol–water partition coefficient (Wildman–Crippen LogP) is 7.69. The molecule has 5 aromatic rings. The van der Waals surface area contributed by atoms with Crippen LogP contribution in [0.25, 0.3) is 44.2 Å². The van der Waals surface area contributed by atoms with Crippen LogP contribution in [0.4, 0.5) is 9.59 Å². The van der Waals surface area contributed by atoms with Gasteiger partial charge in [-0.2, -0.15) is 0 Å². The maximum absolute atomic E-state index is 14.6. The Morgan fingerprint density at radius 2 is 1.52 bits per heavy atom. The van der Waals surface area contributed by atoms with E-state index in [1.807, 2.05) is 49.8 Å². The number of fused-ring (bicyclic) bond motifs is 6. The molecule has 2 aromatic heterocycles. The van der Waals surface area contributed by atoms with Crippen LogP contribution in [0.2, 0.25) is 0 Å². The first kappa shape index (κ1) is 43.1. The zero-order chi connectivity index (χ0) is 45.0. The molecular weight excluding hydrogens is 817 g/mol. The lowest BCUT2D eigenvalue weighted by Crippen LogP contribution is -2.58. The van der Waals surface area contributed by atoms with Crippen molar-refractivity contribution in [2.45, 2.75) is 116 Å². The fourth-order valence-electron chi connectivity index (χ4n) is 10.4. The molecule has 0 radical (unpaired) electrons. The SMILES string of the molecule is COC(=O)NC(C(=O)N1[C@@H](C)CC[C@H]1c1ncc(-c2ccc3c(c2)COc2cc4c(ccc5nc([C@@H]6CC[C@H](C)N6C(=O)[C@@H](NC(=O)OC)C6(C)CCOCC6)[nH]c54)cc2-3)[nH]1)C(C)C. The molecule has 3 fully saturated rings. The smallest absolute Gasteiger partial charge is 0.407 e. The predicted molar refractivity (Wildman–Crippen MR) is 239 cm³/mol. The lowest BCUT2D eigenvalue weighted by molar-refractivity contribution is -0.141. The Balaban J connectivity index is 0.970. The second kappa shape index (κ2) is 17.1. The van der Waals surface area contributed by atoms with Crippen LogP contribution < -0.4 is 15.4 Å². The summed E-state index contributed by atoms with van der Waals surface area (Å²) in [5.41, 5.74) is 6.09. The van der Waals surface area contributed by atoms with Crippen LogP contribution in [0.3, 0.4) is 0 Å². The van der Waals surface area contributed by atoms with E-state index < -0.39 is 29.7 Å². The summed E-state index contributed by atoms with van der Waals surface area (Å²) < 4.78 is 21.9. The normalized spacial score (nSPS) is 22.4. The van der Waals surface area contributed by atoms with Crippen molar-refractivity contribution in [3.05, 3.63) is 65.9 Å². The molecule has 3 aromatic carbocycles. The summed E-state index contributed by atoms with van der Waals surface area (Å²) in [5.74, 6) is 1.77. The quantitative estimate of drug-likeness (QED) is 0.114. The molecule has 4 aliphatic rings. The summed E-state index contributed by atoms with van der Waals surface area (Å²) in [6, 6.07) is 12.5. The Morgan fingerprint density at radius 1 is 0.828 bits per heavy atom. The third kappa shape index (κ3) is 7.68. The van der Waals surface area contributed by atoms with E-state index in [0.717, 1.165) is 81.2 Å². The number of H-pyrrole nitrogens is 2. The van der Waals surface area contributed by atoms with E-state index in [2.05, 4.69) is 63.9 Å². The number of hydrogen-bond donors (Lipinski definition) is 4. The number of hydrogen-bond acceptors (Lipinski definition) is 10. The summed E-state index contributed by atoms with van der Waals surface area (Å²) >= 11 is 0. The largest absolute Gasteiger partial charge is 0.488 e. The number of likely N-dealkylation sites (tertiary alicyclic amines) is 2. The van der Waals surface area contributed by atoms with Gasteiger partial charge in [-0.15, -0.1) is 0 Å². The van der Waals surface area contributed by atoms with Crippen LogP contribution in [-0.4, -0.2) is 105 Å². The number of carbonyl (C=O) groups is 4. The van der Waals surface area contributed by atoms with Gasteiger partial charge < -0.3 is 49.3 Å². The van der Waals surface area contributed by atoms with Crippen molar-refractivity contribution in [2.75, 3.05) is 27.4 Å². The van der Waals surface area contributed by atoms with Crippen LogP contribution in [0.15, 0.2) is 48.7 Å². The second-order valence-electron chi connectivity index (χ2n) is 18.6. The Labute approximate surface area is 372 Å². The number of imidazole rings is 2. The molecule has 4 aliphatic heterocycles. The highest BCUT2D eigenvalue weighted by atomic mass is 16.5.